The van der Waals surface area contributed by atoms with Crippen molar-refractivity contribution in [1.29, 1.82) is 0 Å². The van der Waals surface area contributed by atoms with E-state index >= 15 is 0 Å². The van der Waals surface area contributed by atoms with E-state index in [1.165, 1.54) is 6.20 Å². The molecule has 0 aliphatic carbocycles. The molecule has 2 aromatic rings. The first kappa shape index (κ1) is 12.1. The van der Waals surface area contributed by atoms with Gasteiger partial charge in [0.15, 0.2) is 0 Å². The van der Waals surface area contributed by atoms with Gasteiger partial charge in [0.05, 0.1) is 12.2 Å². The van der Waals surface area contributed by atoms with Crippen LogP contribution in [0, 0.1) is 0 Å². The van der Waals surface area contributed by atoms with Gasteiger partial charge in [0.1, 0.15) is 0 Å². The van der Waals surface area contributed by atoms with E-state index in [0.29, 0.717) is 12.6 Å². The molecule has 0 aromatic carbocycles. The third-order valence-electron chi connectivity index (χ3n) is 3.60. The second-order valence-electron chi connectivity index (χ2n) is 4.84. The third kappa shape index (κ3) is 2.73. The third-order valence-corrected chi connectivity index (χ3v) is 3.60. The predicted molar refractivity (Wildman–Crippen MR) is 70.8 cm³/mol. The standard InChI is InChI=1S/C13H17N5O/c19-13-10-14-4-7-17(13)9-8-16-6-2-12(11-16)18-5-1-3-15-18/h1,3-5,7,10,12H,2,6,8-9,11H2. The summed E-state index contributed by atoms with van der Waals surface area (Å²) in [5.41, 5.74) is -0.0367. The normalized spacial score (nSPS) is 19.9. The molecule has 3 rings (SSSR count). The molecule has 0 N–H and O–H groups in total. The van der Waals surface area contributed by atoms with Gasteiger partial charge in [-0.3, -0.25) is 19.4 Å². The average molecular weight is 259 g/mol. The molecule has 6 nitrogen and oxygen atoms in total. The minimum absolute atomic E-state index is 0.0367. The summed E-state index contributed by atoms with van der Waals surface area (Å²) in [6, 6.07) is 2.42. The van der Waals surface area contributed by atoms with Crippen molar-refractivity contribution >= 4 is 0 Å². The smallest absolute Gasteiger partial charge is 0.269 e. The Morgan fingerprint density at radius 2 is 2.21 bits per heavy atom. The van der Waals surface area contributed by atoms with Crippen molar-refractivity contribution in [2.45, 2.75) is 19.0 Å². The largest absolute Gasteiger partial charge is 0.311 e. The van der Waals surface area contributed by atoms with Crippen molar-refractivity contribution in [2.24, 2.45) is 0 Å². The van der Waals surface area contributed by atoms with Crippen LogP contribution in [0.3, 0.4) is 0 Å². The van der Waals surface area contributed by atoms with Crippen molar-refractivity contribution in [3.05, 3.63) is 47.4 Å². The van der Waals surface area contributed by atoms with Crippen LogP contribution in [0.1, 0.15) is 12.5 Å². The molecule has 1 aliphatic heterocycles. The lowest BCUT2D eigenvalue weighted by molar-refractivity contribution is 0.303. The van der Waals surface area contributed by atoms with Crippen molar-refractivity contribution in [3.8, 4) is 0 Å². The highest BCUT2D eigenvalue weighted by Crippen LogP contribution is 2.19. The zero-order valence-corrected chi connectivity index (χ0v) is 10.7. The predicted octanol–water partition coefficient (Wildman–Crippen LogP) is 0.387. The van der Waals surface area contributed by atoms with Crippen molar-refractivity contribution in [3.63, 3.8) is 0 Å². The van der Waals surface area contributed by atoms with Crippen LogP contribution in [-0.4, -0.2) is 43.9 Å². The SMILES string of the molecule is O=c1cnccn1CCN1CCC(n2cccn2)C1. The summed E-state index contributed by atoms with van der Waals surface area (Å²) in [6.07, 6.45) is 9.70. The lowest BCUT2D eigenvalue weighted by Crippen LogP contribution is -2.29. The molecule has 0 spiro atoms. The van der Waals surface area contributed by atoms with E-state index in [0.717, 1.165) is 26.1 Å². The molecule has 1 aliphatic rings. The van der Waals surface area contributed by atoms with Crippen molar-refractivity contribution in [2.75, 3.05) is 19.6 Å². The Bertz CT molecular complexity index is 577. The molecular formula is C13H17N5O. The Labute approximate surface area is 111 Å². The van der Waals surface area contributed by atoms with Crippen LogP contribution in [0.15, 0.2) is 41.8 Å². The number of hydrogen-bond donors (Lipinski definition) is 0. The molecular weight excluding hydrogens is 242 g/mol. The van der Waals surface area contributed by atoms with E-state index in [-0.39, 0.29) is 5.56 Å². The van der Waals surface area contributed by atoms with Crippen LogP contribution < -0.4 is 5.56 Å². The highest BCUT2D eigenvalue weighted by Gasteiger charge is 2.23. The van der Waals surface area contributed by atoms with Crippen LogP contribution in [0.2, 0.25) is 0 Å². The zero-order valence-electron chi connectivity index (χ0n) is 10.7. The highest BCUT2D eigenvalue weighted by molar-refractivity contribution is 4.87. The van der Waals surface area contributed by atoms with Crippen molar-refractivity contribution in [1.82, 2.24) is 24.2 Å². The molecule has 6 heteroatoms. The van der Waals surface area contributed by atoms with Crippen LogP contribution in [0.4, 0.5) is 0 Å². The molecule has 100 valence electrons. The first-order chi connectivity index (χ1) is 9.33. The van der Waals surface area contributed by atoms with Gasteiger partial charge in [0.2, 0.25) is 0 Å². The molecule has 1 unspecified atom stereocenters. The highest BCUT2D eigenvalue weighted by atomic mass is 16.1. The molecule has 0 amide bonds. The Balaban J connectivity index is 1.55. The van der Waals surface area contributed by atoms with Gasteiger partial charge >= 0.3 is 0 Å². The van der Waals surface area contributed by atoms with Gasteiger partial charge in [-0.2, -0.15) is 5.10 Å². The number of nitrogens with zero attached hydrogens (tertiary/aromatic N) is 5. The van der Waals surface area contributed by atoms with Crippen LogP contribution in [0.25, 0.3) is 0 Å². The van der Waals surface area contributed by atoms with Gasteiger partial charge in [-0.15, -0.1) is 0 Å². The average Bonchev–Trinajstić information content (AvgIpc) is 3.09. The van der Waals surface area contributed by atoms with Gasteiger partial charge in [-0.1, -0.05) is 0 Å². The number of rotatable bonds is 4. The summed E-state index contributed by atoms with van der Waals surface area (Å²) in [4.78, 5) is 17.7. The molecule has 19 heavy (non-hydrogen) atoms. The van der Waals surface area contributed by atoms with Crippen LogP contribution in [-0.2, 0) is 6.54 Å². The Morgan fingerprint density at radius 3 is 3.00 bits per heavy atom. The van der Waals surface area contributed by atoms with Gasteiger partial charge < -0.3 is 4.57 Å². The van der Waals surface area contributed by atoms with E-state index in [1.54, 1.807) is 17.0 Å². The minimum atomic E-state index is -0.0367. The maximum Gasteiger partial charge on any atom is 0.269 e. The van der Waals surface area contributed by atoms with Gasteiger partial charge in [0.25, 0.3) is 5.56 Å². The molecule has 0 radical (unpaired) electrons. The van der Waals surface area contributed by atoms with Gasteiger partial charge in [0, 0.05) is 51.0 Å². The molecule has 3 heterocycles. The van der Waals surface area contributed by atoms with Crippen LogP contribution >= 0.6 is 0 Å². The summed E-state index contributed by atoms with van der Waals surface area (Å²) in [7, 11) is 0. The molecule has 1 atom stereocenters. The zero-order chi connectivity index (χ0) is 13.1. The van der Waals surface area contributed by atoms with E-state index in [1.807, 2.05) is 23.1 Å². The quantitative estimate of drug-likeness (QED) is 0.797. The maximum atomic E-state index is 11.5. The summed E-state index contributed by atoms with van der Waals surface area (Å²) in [5.74, 6) is 0. The summed E-state index contributed by atoms with van der Waals surface area (Å²) in [5, 5.41) is 4.29. The topological polar surface area (TPSA) is 56.0 Å². The first-order valence-electron chi connectivity index (χ1n) is 6.55. The molecule has 1 fully saturated rings. The van der Waals surface area contributed by atoms with E-state index < -0.39 is 0 Å². The summed E-state index contributed by atoms with van der Waals surface area (Å²) < 4.78 is 3.73. The fourth-order valence-electron chi connectivity index (χ4n) is 2.54. The van der Waals surface area contributed by atoms with E-state index in [4.69, 9.17) is 0 Å². The van der Waals surface area contributed by atoms with Crippen LogP contribution in [0.5, 0.6) is 0 Å². The number of aromatic nitrogens is 4. The second-order valence-corrected chi connectivity index (χ2v) is 4.84. The number of likely N-dealkylation sites (tertiary alicyclic amines) is 1. The summed E-state index contributed by atoms with van der Waals surface area (Å²) >= 11 is 0. The lowest BCUT2D eigenvalue weighted by Gasteiger charge is -2.16. The Kier molecular flexibility index (Phi) is 3.41. The van der Waals surface area contributed by atoms with Crippen molar-refractivity contribution < 1.29 is 0 Å². The maximum absolute atomic E-state index is 11.5. The van der Waals surface area contributed by atoms with Gasteiger partial charge in [-0.05, 0) is 12.5 Å². The minimum Gasteiger partial charge on any atom is -0.311 e. The molecule has 2 aromatic heterocycles. The van der Waals surface area contributed by atoms with E-state index in [2.05, 4.69) is 15.0 Å². The van der Waals surface area contributed by atoms with Gasteiger partial charge in [-0.25, -0.2) is 0 Å². The monoisotopic (exact) mass is 259 g/mol. The number of hydrogen-bond acceptors (Lipinski definition) is 4. The molecule has 0 saturated carbocycles. The fraction of sp³-hybridized carbons (Fsp3) is 0.462. The first-order valence-corrected chi connectivity index (χ1v) is 6.55. The van der Waals surface area contributed by atoms with E-state index in [9.17, 15) is 4.79 Å². The Hall–Kier alpha value is -1.95. The molecule has 1 saturated heterocycles. The Morgan fingerprint density at radius 1 is 1.26 bits per heavy atom. The lowest BCUT2D eigenvalue weighted by atomic mass is 10.3. The summed E-state index contributed by atoms with van der Waals surface area (Å²) in [6.45, 7) is 3.67. The second kappa shape index (κ2) is 5.36. The fourth-order valence-corrected chi connectivity index (χ4v) is 2.54. The molecule has 0 bridgehead atoms.